The van der Waals surface area contributed by atoms with Gasteiger partial charge in [0.05, 0.1) is 5.56 Å². The molecule has 3 nitrogen and oxygen atoms in total. The van der Waals surface area contributed by atoms with Gasteiger partial charge in [0, 0.05) is 50.8 Å². The fourth-order valence-electron chi connectivity index (χ4n) is 2.79. The first-order chi connectivity index (χ1) is 11.0. The maximum Gasteiger partial charge on any atom is 0.416 e. The first-order valence-corrected chi connectivity index (χ1v) is 7.56. The largest absolute Gasteiger partial charge is 0.416 e. The standard InChI is InChI=1S/C17H18F3N3/c18-17(19,20)15-2-1-3-16(12-15)23-10-8-22(9-11-23)13-14-4-6-21-7-5-14/h1-7,12H,8-11,13H2. The molecule has 1 aromatic carbocycles. The van der Waals surface area contributed by atoms with Gasteiger partial charge in [-0.3, -0.25) is 9.88 Å². The van der Waals surface area contributed by atoms with Gasteiger partial charge >= 0.3 is 6.18 Å². The van der Waals surface area contributed by atoms with E-state index in [4.69, 9.17) is 0 Å². The zero-order valence-electron chi connectivity index (χ0n) is 12.6. The van der Waals surface area contributed by atoms with Crippen LogP contribution >= 0.6 is 0 Å². The minimum absolute atomic E-state index is 0.589. The van der Waals surface area contributed by atoms with E-state index in [1.54, 1.807) is 18.5 Å². The molecule has 0 spiro atoms. The molecular formula is C17H18F3N3. The van der Waals surface area contributed by atoms with Gasteiger partial charge < -0.3 is 4.90 Å². The number of hydrogen-bond donors (Lipinski definition) is 0. The second-order valence-corrected chi connectivity index (χ2v) is 5.67. The fraction of sp³-hybridized carbons (Fsp3) is 0.353. The predicted molar refractivity (Wildman–Crippen MR) is 83.2 cm³/mol. The third kappa shape index (κ3) is 4.01. The van der Waals surface area contributed by atoms with E-state index in [2.05, 4.69) is 9.88 Å². The number of benzene rings is 1. The van der Waals surface area contributed by atoms with E-state index in [1.165, 1.54) is 17.7 Å². The number of alkyl halides is 3. The van der Waals surface area contributed by atoms with E-state index in [9.17, 15) is 13.2 Å². The van der Waals surface area contributed by atoms with Crippen LogP contribution in [0.4, 0.5) is 18.9 Å². The first kappa shape index (κ1) is 15.8. The molecule has 1 aliphatic rings. The van der Waals surface area contributed by atoms with E-state index >= 15 is 0 Å². The molecular weight excluding hydrogens is 303 g/mol. The minimum atomic E-state index is -4.29. The second-order valence-electron chi connectivity index (χ2n) is 5.67. The van der Waals surface area contributed by atoms with Crippen LogP contribution in [0.15, 0.2) is 48.8 Å². The summed E-state index contributed by atoms with van der Waals surface area (Å²) >= 11 is 0. The first-order valence-electron chi connectivity index (χ1n) is 7.56. The predicted octanol–water partition coefficient (Wildman–Crippen LogP) is 3.42. The van der Waals surface area contributed by atoms with Gasteiger partial charge in [0.2, 0.25) is 0 Å². The van der Waals surface area contributed by atoms with Crippen molar-refractivity contribution in [2.75, 3.05) is 31.1 Å². The third-order valence-electron chi connectivity index (χ3n) is 4.07. The maximum absolute atomic E-state index is 12.8. The zero-order valence-corrected chi connectivity index (χ0v) is 12.6. The van der Waals surface area contributed by atoms with Crippen LogP contribution in [0.3, 0.4) is 0 Å². The van der Waals surface area contributed by atoms with Crippen molar-refractivity contribution < 1.29 is 13.2 Å². The van der Waals surface area contributed by atoms with Gasteiger partial charge in [-0.1, -0.05) is 6.07 Å². The molecule has 3 rings (SSSR count). The molecule has 0 unspecified atom stereocenters. The van der Waals surface area contributed by atoms with Crippen LogP contribution in [-0.2, 0) is 12.7 Å². The molecule has 23 heavy (non-hydrogen) atoms. The summed E-state index contributed by atoms with van der Waals surface area (Å²) < 4.78 is 38.4. The van der Waals surface area contributed by atoms with Crippen molar-refractivity contribution in [3.8, 4) is 0 Å². The molecule has 0 radical (unpaired) electrons. The fourth-order valence-corrected chi connectivity index (χ4v) is 2.79. The molecule has 2 aromatic rings. The Kier molecular flexibility index (Phi) is 4.52. The summed E-state index contributed by atoms with van der Waals surface area (Å²) in [5, 5.41) is 0. The van der Waals surface area contributed by atoms with Crippen LogP contribution in [0.5, 0.6) is 0 Å². The number of anilines is 1. The van der Waals surface area contributed by atoms with Crippen LogP contribution < -0.4 is 4.90 Å². The van der Waals surface area contributed by atoms with E-state index in [1.807, 2.05) is 17.0 Å². The number of halogens is 3. The number of rotatable bonds is 3. The normalized spacial score (nSPS) is 16.6. The summed E-state index contributed by atoms with van der Waals surface area (Å²) in [7, 11) is 0. The number of nitrogens with zero attached hydrogens (tertiary/aromatic N) is 3. The highest BCUT2D eigenvalue weighted by molar-refractivity contribution is 5.49. The third-order valence-corrected chi connectivity index (χ3v) is 4.07. The minimum Gasteiger partial charge on any atom is -0.369 e. The molecule has 0 aliphatic carbocycles. The Balaban J connectivity index is 1.61. The van der Waals surface area contributed by atoms with E-state index < -0.39 is 11.7 Å². The van der Waals surface area contributed by atoms with Crippen molar-refractivity contribution in [2.24, 2.45) is 0 Å². The molecule has 122 valence electrons. The highest BCUT2D eigenvalue weighted by Gasteiger charge is 2.31. The topological polar surface area (TPSA) is 19.4 Å². The summed E-state index contributed by atoms with van der Waals surface area (Å²) in [4.78, 5) is 8.32. The molecule has 0 bridgehead atoms. The Morgan fingerprint density at radius 1 is 0.957 bits per heavy atom. The molecule has 6 heteroatoms. The zero-order chi connectivity index (χ0) is 16.3. The van der Waals surface area contributed by atoms with Crippen molar-refractivity contribution in [3.05, 3.63) is 59.9 Å². The summed E-state index contributed by atoms with van der Waals surface area (Å²) in [6.07, 6.45) is -0.748. The second kappa shape index (κ2) is 6.58. The van der Waals surface area contributed by atoms with Crippen molar-refractivity contribution in [1.29, 1.82) is 0 Å². The van der Waals surface area contributed by atoms with Gasteiger partial charge in [0.15, 0.2) is 0 Å². The monoisotopic (exact) mass is 321 g/mol. The number of hydrogen-bond acceptors (Lipinski definition) is 3. The Labute approximate surface area is 133 Å². The quantitative estimate of drug-likeness (QED) is 0.863. The van der Waals surface area contributed by atoms with E-state index in [0.29, 0.717) is 5.69 Å². The van der Waals surface area contributed by atoms with Gasteiger partial charge in [-0.05, 0) is 35.9 Å². The maximum atomic E-state index is 12.8. The average Bonchev–Trinajstić information content (AvgIpc) is 2.56. The van der Waals surface area contributed by atoms with Crippen LogP contribution in [0.25, 0.3) is 0 Å². The van der Waals surface area contributed by atoms with Crippen molar-refractivity contribution in [1.82, 2.24) is 9.88 Å². The van der Waals surface area contributed by atoms with Gasteiger partial charge in [0.1, 0.15) is 0 Å². The van der Waals surface area contributed by atoms with Crippen molar-refractivity contribution in [2.45, 2.75) is 12.7 Å². The number of pyridine rings is 1. The molecule has 1 fully saturated rings. The van der Waals surface area contributed by atoms with Crippen LogP contribution in [0.1, 0.15) is 11.1 Å². The van der Waals surface area contributed by atoms with Crippen LogP contribution in [-0.4, -0.2) is 36.1 Å². The van der Waals surface area contributed by atoms with Gasteiger partial charge in [-0.15, -0.1) is 0 Å². The van der Waals surface area contributed by atoms with Crippen LogP contribution in [0.2, 0.25) is 0 Å². The molecule has 1 saturated heterocycles. The Morgan fingerprint density at radius 2 is 1.65 bits per heavy atom. The molecule has 1 aliphatic heterocycles. The summed E-state index contributed by atoms with van der Waals surface area (Å²) in [5.74, 6) is 0. The molecule has 0 saturated carbocycles. The van der Waals surface area contributed by atoms with Crippen LogP contribution in [0, 0.1) is 0 Å². The Morgan fingerprint density at radius 3 is 2.30 bits per heavy atom. The average molecular weight is 321 g/mol. The lowest BCUT2D eigenvalue weighted by Crippen LogP contribution is -2.46. The summed E-state index contributed by atoms with van der Waals surface area (Å²) in [6, 6.07) is 9.54. The van der Waals surface area contributed by atoms with Gasteiger partial charge in [-0.2, -0.15) is 13.2 Å². The Hall–Kier alpha value is -2.08. The molecule has 0 N–H and O–H groups in total. The van der Waals surface area contributed by atoms with E-state index in [-0.39, 0.29) is 0 Å². The molecule has 0 atom stereocenters. The molecule has 0 amide bonds. The lowest BCUT2D eigenvalue weighted by atomic mass is 10.1. The molecule has 2 heterocycles. The number of piperazine rings is 1. The SMILES string of the molecule is FC(F)(F)c1cccc(N2CCN(Cc3ccncc3)CC2)c1. The van der Waals surface area contributed by atoms with Gasteiger partial charge in [0.25, 0.3) is 0 Å². The summed E-state index contributed by atoms with van der Waals surface area (Å²) in [6.45, 7) is 3.97. The highest BCUT2D eigenvalue weighted by atomic mass is 19.4. The lowest BCUT2D eigenvalue weighted by Gasteiger charge is -2.36. The number of aromatic nitrogens is 1. The van der Waals surface area contributed by atoms with E-state index in [0.717, 1.165) is 38.8 Å². The highest BCUT2D eigenvalue weighted by Crippen LogP contribution is 2.31. The lowest BCUT2D eigenvalue weighted by molar-refractivity contribution is -0.137. The smallest absolute Gasteiger partial charge is 0.369 e. The molecule has 1 aromatic heterocycles. The van der Waals surface area contributed by atoms with Gasteiger partial charge in [-0.25, -0.2) is 0 Å². The summed E-state index contributed by atoms with van der Waals surface area (Å²) in [5.41, 5.74) is 1.25. The van der Waals surface area contributed by atoms with Crippen molar-refractivity contribution >= 4 is 5.69 Å². The van der Waals surface area contributed by atoms with Crippen molar-refractivity contribution in [3.63, 3.8) is 0 Å². The Bertz CT molecular complexity index is 635.